The Hall–Kier alpha value is -0.600. The van der Waals surface area contributed by atoms with Crippen molar-refractivity contribution >= 4 is 11.6 Å². The average molecular weight is 197 g/mol. The number of nitrogens with two attached hydrogens (primary N) is 1. The van der Waals surface area contributed by atoms with Gasteiger partial charge in [0.25, 0.3) is 0 Å². The summed E-state index contributed by atoms with van der Waals surface area (Å²) < 4.78 is 0. The molecule has 0 bridgehead atoms. The van der Waals surface area contributed by atoms with Gasteiger partial charge in [-0.15, -0.1) is 0 Å². The number of rotatable bonds is 2. The molecular weight excluding hydrogens is 184 g/mol. The Balaban J connectivity index is 2.05. The molecule has 2 unspecified atom stereocenters. The van der Waals surface area contributed by atoms with E-state index in [2.05, 4.69) is 4.98 Å². The molecule has 1 aromatic heterocycles. The van der Waals surface area contributed by atoms with Crippen molar-refractivity contribution in [1.82, 2.24) is 4.98 Å². The maximum absolute atomic E-state index is 5.99. The van der Waals surface area contributed by atoms with Gasteiger partial charge in [0.1, 0.15) is 0 Å². The minimum atomic E-state index is 0.379. The van der Waals surface area contributed by atoms with Gasteiger partial charge in [-0.2, -0.15) is 0 Å². The Kier molecular flexibility index (Phi) is 2.51. The van der Waals surface area contributed by atoms with Crippen molar-refractivity contribution in [3.8, 4) is 0 Å². The van der Waals surface area contributed by atoms with Gasteiger partial charge in [-0.3, -0.25) is 4.98 Å². The van der Waals surface area contributed by atoms with Crippen LogP contribution in [0.15, 0.2) is 18.5 Å². The predicted octanol–water partition coefficient (Wildman–Crippen LogP) is 2.01. The molecule has 70 valence electrons. The second kappa shape index (κ2) is 3.64. The summed E-state index contributed by atoms with van der Waals surface area (Å²) >= 11 is 5.99. The maximum atomic E-state index is 5.99. The minimum absolute atomic E-state index is 0.379. The van der Waals surface area contributed by atoms with Crippen molar-refractivity contribution in [2.45, 2.75) is 25.3 Å². The molecule has 2 rings (SSSR count). The van der Waals surface area contributed by atoms with Crippen LogP contribution in [-0.2, 0) is 6.42 Å². The Morgan fingerprint density at radius 1 is 1.54 bits per heavy atom. The van der Waals surface area contributed by atoms with Crippen LogP contribution in [0.4, 0.5) is 0 Å². The molecule has 2 N–H and O–H groups in total. The summed E-state index contributed by atoms with van der Waals surface area (Å²) in [7, 11) is 0. The lowest BCUT2D eigenvalue weighted by atomic mass is 9.76. The van der Waals surface area contributed by atoms with Crippen LogP contribution in [0.5, 0.6) is 0 Å². The fraction of sp³-hybridized carbons (Fsp3) is 0.500. The van der Waals surface area contributed by atoms with E-state index < -0.39 is 0 Å². The van der Waals surface area contributed by atoms with Crippen molar-refractivity contribution < 1.29 is 0 Å². The van der Waals surface area contributed by atoms with Gasteiger partial charge in [0.2, 0.25) is 0 Å². The van der Waals surface area contributed by atoms with E-state index in [-0.39, 0.29) is 0 Å². The molecule has 1 aromatic rings. The summed E-state index contributed by atoms with van der Waals surface area (Å²) in [5.74, 6) is 0.625. The zero-order valence-electron chi connectivity index (χ0n) is 7.41. The largest absolute Gasteiger partial charge is 0.327 e. The molecule has 1 fully saturated rings. The second-order valence-electron chi connectivity index (χ2n) is 3.67. The molecule has 0 aromatic carbocycles. The first kappa shape index (κ1) is 8.97. The molecule has 3 heteroatoms. The third-order valence-corrected chi connectivity index (χ3v) is 3.16. The zero-order valence-corrected chi connectivity index (χ0v) is 8.17. The van der Waals surface area contributed by atoms with E-state index in [0.29, 0.717) is 12.0 Å². The molecule has 1 heterocycles. The van der Waals surface area contributed by atoms with Gasteiger partial charge in [-0.1, -0.05) is 11.6 Å². The van der Waals surface area contributed by atoms with Gasteiger partial charge in [-0.25, -0.2) is 0 Å². The maximum Gasteiger partial charge on any atom is 0.0621 e. The topological polar surface area (TPSA) is 38.9 Å². The summed E-state index contributed by atoms with van der Waals surface area (Å²) in [6, 6.07) is 2.36. The molecule has 2 atom stereocenters. The van der Waals surface area contributed by atoms with Crippen LogP contribution >= 0.6 is 11.6 Å². The fourth-order valence-electron chi connectivity index (χ4n) is 1.70. The van der Waals surface area contributed by atoms with Crippen LogP contribution in [0.3, 0.4) is 0 Å². The van der Waals surface area contributed by atoms with Crippen LogP contribution in [-0.4, -0.2) is 11.0 Å². The molecule has 1 aliphatic rings. The second-order valence-corrected chi connectivity index (χ2v) is 4.08. The highest BCUT2D eigenvalue weighted by Gasteiger charge is 2.27. The Bertz CT molecular complexity index is 301. The van der Waals surface area contributed by atoms with E-state index in [1.807, 2.05) is 6.07 Å². The highest BCUT2D eigenvalue weighted by Crippen LogP contribution is 2.30. The van der Waals surface area contributed by atoms with Crippen molar-refractivity contribution in [3.05, 3.63) is 29.0 Å². The summed E-state index contributed by atoms with van der Waals surface area (Å²) in [5, 5.41) is 0.765. The Labute approximate surface area is 83.1 Å². The molecule has 0 radical (unpaired) electrons. The smallest absolute Gasteiger partial charge is 0.0621 e. The number of hydrogen-bond acceptors (Lipinski definition) is 2. The molecule has 0 spiro atoms. The lowest BCUT2D eigenvalue weighted by molar-refractivity contribution is 0.256. The summed E-state index contributed by atoms with van der Waals surface area (Å²) in [4.78, 5) is 3.95. The van der Waals surface area contributed by atoms with E-state index in [4.69, 9.17) is 17.3 Å². The van der Waals surface area contributed by atoms with Gasteiger partial charge in [-0.05, 0) is 36.8 Å². The normalized spacial score (nSPS) is 26.9. The molecule has 13 heavy (non-hydrogen) atoms. The van der Waals surface area contributed by atoms with Crippen LogP contribution in [0.2, 0.25) is 5.02 Å². The van der Waals surface area contributed by atoms with Gasteiger partial charge in [0.15, 0.2) is 0 Å². The van der Waals surface area contributed by atoms with E-state index in [0.717, 1.165) is 17.9 Å². The van der Waals surface area contributed by atoms with Crippen molar-refractivity contribution in [1.29, 1.82) is 0 Å². The Morgan fingerprint density at radius 3 is 2.92 bits per heavy atom. The van der Waals surface area contributed by atoms with E-state index in [1.165, 1.54) is 12.0 Å². The molecule has 2 nitrogen and oxygen atoms in total. The number of nitrogens with zero attached hydrogens (tertiary/aromatic N) is 1. The first-order chi connectivity index (χ1) is 6.27. The lowest BCUT2D eigenvalue weighted by Crippen LogP contribution is -2.40. The SMILES string of the molecule is NC1CCC1Cc1ccncc1Cl. The fourth-order valence-corrected chi connectivity index (χ4v) is 1.90. The van der Waals surface area contributed by atoms with Crippen LogP contribution in [0, 0.1) is 5.92 Å². The Morgan fingerprint density at radius 2 is 2.38 bits per heavy atom. The van der Waals surface area contributed by atoms with Gasteiger partial charge >= 0.3 is 0 Å². The molecule has 1 saturated carbocycles. The van der Waals surface area contributed by atoms with Crippen LogP contribution in [0.1, 0.15) is 18.4 Å². The van der Waals surface area contributed by atoms with Crippen molar-refractivity contribution in [3.63, 3.8) is 0 Å². The third-order valence-electron chi connectivity index (χ3n) is 2.81. The predicted molar refractivity (Wildman–Crippen MR) is 53.7 cm³/mol. The number of pyridine rings is 1. The van der Waals surface area contributed by atoms with Crippen LogP contribution in [0.25, 0.3) is 0 Å². The number of halogens is 1. The van der Waals surface area contributed by atoms with Crippen molar-refractivity contribution in [2.75, 3.05) is 0 Å². The molecule has 0 saturated heterocycles. The zero-order chi connectivity index (χ0) is 9.26. The van der Waals surface area contributed by atoms with Gasteiger partial charge < -0.3 is 5.73 Å². The van der Waals surface area contributed by atoms with Gasteiger partial charge in [0.05, 0.1) is 5.02 Å². The summed E-state index contributed by atoms with van der Waals surface area (Å²) in [6.07, 6.45) is 6.88. The molecule has 0 aliphatic heterocycles. The highest BCUT2D eigenvalue weighted by molar-refractivity contribution is 6.31. The minimum Gasteiger partial charge on any atom is -0.327 e. The summed E-state index contributed by atoms with van der Waals surface area (Å²) in [6.45, 7) is 0. The summed E-state index contributed by atoms with van der Waals surface area (Å²) in [5.41, 5.74) is 7.04. The molecule has 0 amide bonds. The number of hydrogen-bond donors (Lipinski definition) is 1. The highest BCUT2D eigenvalue weighted by atomic mass is 35.5. The monoisotopic (exact) mass is 196 g/mol. The van der Waals surface area contributed by atoms with Crippen LogP contribution < -0.4 is 5.73 Å². The van der Waals surface area contributed by atoms with Gasteiger partial charge in [0, 0.05) is 18.4 Å². The van der Waals surface area contributed by atoms with E-state index in [9.17, 15) is 0 Å². The number of aromatic nitrogens is 1. The average Bonchev–Trinajstić information content (AvgIpc) is 2.14. The molecular formula is C10H13ClN2. The molecule has 1 aliphatic carbocycles. The van der Waals surface area contributed by atoms with Crippen molar-refractivity contribution in [2.24, 2.45) is 11.7 Å². The standard InChI is InChI=1S/C10H13ClN2/c11-9-6-13-4-3-7(9)5-8-1-2-10(8)12/h3-4,6,8,10H,1-2,5,12H2. The third kappa shape index (κ3) is 1.84. The van der Waals surface area contributed by atoms with E-state index >= 15 is 0 Å². The van der Waals surface area contributed by atoms with E-state index in [1.54, 1.807) is 12.4 Å². The first-order valence-corrected chi connectivity index (χ1v) is 4.99. The quantitative estimate of drug-likeness (QED) is 0.786. The lowest BCUT2D eigenvalue weighted by Gasteiger charge is -2.33. The first-order valence-electron chi connectivity index (χ1n) is 4.61.